The third-order valence-electron chi connectivity index (χ3n) is 3.54. The molecule has 0 amide bonds. The number of fused-ring (bicyclic) bond motifs is 1. The van der Waals surface area contributed by atoms with Crippen molar-refractivity contribution in [2.45, 2.75) is 32.3 Å². The average molecular weight is 303 g/mol. The normalized spacial score (nSPS) is 17.4. The van der Waals surface area contributed by atoms with Gasteiger partial charge in [0.1, 0.15) is 5.01 Å². The topological polar surface area (TPSA) is 37.6 Å². The highest BCUT2D eigenvalue weighted by atomic mass is 32.1. The van der Waals surface area contributed by atoms with Crippen LogP contribution in [-0.4, -0.2) is 16.9 Å². The van der Waals surface area contributed by atoms with Crippen LogP contribution in [0.2, 0.25) is 0 Å². The lowest BCUT2D eigenvalue weighted by atomic mass is 9.95. The fourth-order valence-electron chi connectivity index (χ4n) is 2.37. The maximum Gasteiger partial charge on any atom is 0.100 e. The van der Waals surface area contributed by atoms with Gasteiger partial charge in [-0.15, -0.1) is 20.6 Å². The predicted molar refractivity (Wildman–Crippen MR) is 91.2 cm³/mol. The van der Waals surface area contributed by atoms with Gasteiger partial charge in [-0.25, -0.2) is 4.98 Å². The molecule has 0 radical (unpaired) electrons. The first-order valence-electron chi connectivity index (χ1n) is 6.86. The van der Waals surface area contributed by atoms with Crippen LogP contribution in [0.3, 0.4) is 0 Å². The first-order valence-corrected chi connectivity index (χ1v) is 8.35. The lowest BCUT2D eigenvalue weighted by Gasteiger charge is -2.10. The van der Waals surface area contributed by atoms with Gasteiger partial charge in [-0.05, 0) is 24.1 Å². The highest BCUT2D eigenvalue weighted by Crippen LogP contribution is 2.31. The van der Waals surface area contributed by atoms with E-state index in [4.69, 9.17) is 0 Å². The summed E-state index contributed by atoms with van der Waals surface area (Å²) >= 11 is 1.79. The maximum absolute atomic E-state index is 4.66. The molecule has 0 aliphatic carbocycles. The van der Waals surface area contributed by atoms with E-state index in [1.54, 1.807) is 11.3 Å². The molecule has 0 bridgehead atoms. The van der Waals surface area contributed by atoms with Crippen LogP contribution in [0.5, 0.6) is 0 Å². The smallest absolute Gasteiger partial charge is 0.100 e. The van der Waals surface area contributed by atoms with E-state index in [1.165, 1.54) is 21.0 Å². The zero-order chi connectivity index (χ0) is 14.1. The Hall–Kier alpha value is -1.12. The summed E-state index contributed by atoms with van der Waals surface area (Å²) in [5, 5.41) is 9.33. The quantitative estimate of drug-likeness (QED) is 0.778. The fourth-order valence-corrected chi connectivity index (χ4v) is 3.63. The van der Waals surface area contributed by atoms with Crippen molar-refractivity contribution in [1.82, 2.24) is 4.98 Å². The third kappa shape index (κ3) is 2.82. The van der Waals surface area contributed by atoms with E-state index < -0.39 is 0 Å². The van der Waals surface area contributed by atoms with Crippen molar-refractivity contribution in [1.29, 1.82) is 0 Å². The van der Waals surface area contributed by atoms with Gasteiger partial charge in [-0.3, -0.25) is 0 Å². The Morgan fingerprint density at radius 2 is 2.20 bits per heavy atom. The van der Waals surface area contributed by atoms with Gasteiger partial charge in [0, 0.05) is 29.9 Å². The Morgan fingerprint density at radius 1 is 1.35 bits per heavy atom. The molecule has 3 atom stereocenters. The second-order valence-electron chi connectivity index (χ2n) is 5.34. The summed E-state index contributed by atoms with van der Waals surface area (Å²) in [5.41, 5.74) is 4.07. The number of thiazole rings is 1. The van der Waals surface area contributed by atoms with Crippen molar-refractivity contribution >= 4 is 42.7 Å². The van der Waals surface area contributed by atoms with Crippen LogP contribution in [0.15, 0.2) is 28.4 Å². The highest BCUT2D eigenvalue weighted by Gasteiger charge is 2.14. The molecular weight excluding hydrogens is 285 g/mol. The summed E-state index contributed by atoms with van der Waals surface area (Å²) in [6, 6.07) is 6.60. The number of hydrogen-bond acceptors (Lipinski definition) is 4. The maximum atomic E-state index is 4.66. The Kier molecular flexibility index (Phi) is 3.95. The Morgan fingerprint density at radius 3 is 2.90 bits per heavy atom. The van der Waals surface area contributed by atoms with Gasteiger partial charge in [-0.1, -0.05) is 19.9 Å². The minimum atomic E-state index is 0.416. The van der Waals surface area contributed by atoms with Crippen LogP contribution in [0.4, 0.5) is 0 Å². The van der Waals surface area contributed by atoms with Crippen molar-refractivity contribution in [3.63, 3.8) is 0 Å². The summed E-state index contributed by atoms with van der Waals surface area (Å²) in [7, 11) is 2.81. The first-order chi connectivity index (χ1) is 9.63. The second kappa shape index (κ2) is 5.71. The first kappa shape index (κ1) is 13.8. The number of hydrogen-bond donors (Lipinski definition) is 0. The van der Waals surface area contributed by atoms with Gasteiger partial charge < -0.3 is 0 Å². The lowest BCUT2D eigenvalue weighted by molar-refractivity contribution is 0.759. The molecule has 5 heteroatoms. The summed E-state index contributed by atoms with van der Waals surface area (Å²) in [5.74, 6) is 0.447. The minimum Gasteiger partial charge on any atom is -0.241 e. The molecule has 0 fully saturated rings. The number of nitrogens with zero attached hydrogens (tertiary/aromatic N) is 3. The Balaban J connectivity index is 1.81. The molecule has 0 N–H and O–H groups in total. The van der Waals surface area contributed by atoms with E-state index in [0.717, 1.165) is 18.4 Å². The van der Waals surface area contributed by atoms with Crippen molar-refractivity contribution in [3.05, 3.63) is 28.8 Å². The van der Waals surface area contributed by atoms with Crippen LogP contribution in [0, 0.1) is 5.92 Å². The second-order valence-corrected chi connectivity index (χ2v) is 7.40. The lowest BCUT2D eigenvalue weighted by Crippen LogP contribution is -2.12. The summed E-state index contributed by atoms with van der Waals surface area (Å²) in [4.78, 5) is 4.66. The zero-order valence-electron chi connectivity index (χ0n) is 11.7. The molecule has 0 saturated carbocycles. The number of rotatable bonds is 4. The van der Waals surface area contributed by atoms with Crippen molar-refractivity contribution in [2.24, 2.45) is 16.1 Å². The largest absolute Gasteiger partial charge is 0.241 e. The molecule has 1 aliphatic heterocycles. The molecule has 2 heterocycles. The van der Waals surface area contributed by atoms with E-state index in [2.05, 4.69) is 56.5 Å². The van der Waals surface area contributed by atoms with Crippen LogP contribution in [-0.2, 0) is 6.42 Å². The van der Waals surface area contributed by atoms with Crippen LogP contribution < -0.4 is 0 Å². The Labute approximate surface area is 125 Å². The molecule has 3 rings (SSSR count). The van der Waals surface area contributed by atoms with Gasteiger partial charge in [0.2, 0.25) is 0 Å². The molecule has 3 unspecified atom stereocenters. The van der Waals surface area contributed by atoms with E-state index in [-0.39, 0.29) is 0 Å². The van der Waals surface area contributed by atoms with Crippen LogP contribution >= 0.6 is 20.6 Å². The van der Waals surface area contributed by atoms with Gasteiger partial charge in [0.05, 0.1) is 10.2 Å². The number of benzene rings is 1. The molecule has 1 aliphatic rings. The predicted octanol–water partition coefficient (Wildman–Crippen LogP) is 4.24. The molecule has 0 spiro atoms. The van der Waals surface area contributed by atoms with E-state index in [1.807, 2.05) is 6.21 Å². The SMILES string of the molecule is CC(Cc1ccc2nc(C(C)P)sc2c1)C1=NN=CC1. The molecular formula is C15H18N3PS. The van der Waals surface area contributed by atoms with Gasteiger partial charge in [0.25, 0.3) is 0 Å². The molecule has 20 heavy (non-hydrogen) atoms. The highest BCUT2D eigenvalue weighted by molar-refractivity contribution is 7.23. The third-order valence-corrected chi connectivity index (χ3v) is 5.31. The van der Waals surface area contributed by atoms with Crippen molar-refractivity contribution in [3.8, 4) is 0 Å². The summed E-state index contributed by atoms with van der Waals surface area (Å²) in [6.45, 7) is 4.38. The van der Waals surface area contributed by atoms with Gasteiger partial charge >= 0.3 is 0 Å². The van der Waals surface area contributed by atoms with Crippen LogP contribution in [0.25, 0.3) is 10.2 Å². The van der Waals surface area contributed by atoms with Crippen molar-refractivity contribution in [2.75, 3.05) is 0 Å². The zero-order valence-corrected chi connectivity index (χ0v) is 13.7. The molecule has 1 aromatic carbocycles. The summed E-state index contributed by atoms with van der Waals surface area (Å²) < 4.78 is 1.28. The Bertz CT molecular complexity index is 687. The van der Waals surface area contributed by atoms with Crippen molar-refractivity contribution < 1.29 is 0 Å². The molecule has 3 nitrogen and oxygen atoms in total. The summed E-state index contributed by atoms with van der Waals surface area (Å²) in [6.07, 6.45) is 3.80. The van der Waals surface area contributed by atoms with E-state index in [9.17, 15) is 0 Å². The molecule has 1 aromatic heterocycles. The van der Waals surface area contributed by atoms with Gasteiger partial charge in [-0.2, -0.15) is 10.2 Å². The molecule has 0 saturated heterocycles. The average Bonchev–Trinajstić information content (AvgIpc) is 3.07. The number of aromatic nitrogens is 1. The van der Waals surface area contributed by atoms with Crippen LogP contribution in [0.1, 0.15) is 36.5 Å². The standard InChI is InChI=1S/C15H18N3PS/c1-9(12-5-6-16-18-12)7-11-3-4-13-14(8-11)20-15(17-13)10(2)19/h3-4,6,8-10H,5,7,19H2,1-2H3. The van der Waals surface area contributed by atoms with Gasteiger partial charge in [0.15, 0.2) is 0 Å². The molecule has 2 aromatic rings. The van der Waals surface area contributed by atoms with E-state index in [0.29, 0.717) is 11.6 Å². The minimum absolute atomic E-state index is 0.416. The molecule has 104 valence electrons. The fraction of sp³-hybridized carbons (Fsp3) is 0.400. The monoisotopic (exact) mass is 303 g/mol. The van der Waals surface area contributed by atoms with E-state index >= 15 is 0 Å².